The van der Waals surface area contributed by atoms with Gasteiger partial charge in [-0.3, -0.25) is 14.5 Å². The van der Waals surface area contributed by atoms with Crippen molar-refractivity contribution in [3.63, 3.8) is 0 Å². The van der Waals surface area contributed by atoms with Crippen LogP contribution in [0, 0.1) is 0 Å². The van der Waals surface area contributed by atoms with Gasteiger partial charge in [-0.1, -0.05) is 54.6 Å². The lowest BCUT2D eigenvalue weighted by Crippen LogP contribution is -2.53. The van der Waals surface area contributed by atoms with Crippen LogP contribution in [-0.2, 0) is 26.1 Å². The number of benzene rings is 3. The van der Waals surface area contributed by atoms with E-state index in [1.807, 2.05) is 54.6 Å². The maximum Gasteiger partial charge on any atom is 0.407 e. The Labute approximate surface area is 226 Å². The highest BCUT2D eigenvalue weighted by Gasteiger charge is 2.35. The van der Waals surface area contributed by atoms with Crippen molar-refractivity contribution in [1.29, 1.82) is 0 Å². The first kappa shape index (κ1) is 26.2. The summed E-state index contributed by atoms with van der Waals surface area (Å²) in [6.07, 6.45) is -1.89. The molecule has 3 N–H and O–H groups in total. The zero-order valence-corrected chi connectivity index (χ0v) is 21.7. The zero-order chi connectivity index (χ0) is 27.5. The van der Waals surface area contributed by atoms with Crippen molar-refractivity contribution >= 4 is 17.9 Å². The number of rotatable bonds is 8. The number of carboxylic acid groups (broad SMARTS) is 1. The number of amides is 3. The summed E-state index contributed by atoms with van der Waals surface area (Å²) in [5.74, 6) is -0.298. The average molecular weight is 530 g/mol. The summed E-state index contributed by atoms with van der Waals surface area (Å²) in [5, 5.41) is 23.4. The topological polar surface area (TPSA) is 119 Å². The molecule has 39 heavy (non-hydrogen) atoms. The minimum atomic E-state index is -1.12. The van der Waals surface area contributed by atoms with Crippen LogP contribution in [-0.4, -0.2) is 63.2 Å². The van der Waals surface area contributed by atoms with Crippen LogP contribution >= 0.6 is 0 Å². The van der Waals surface area contributed by atoms with E-state index in [2.05, 4.69) is 5.32 Å². The first-order valence-corrected chi connectivity index (χ1v) is 13.0. The van der Waals surface area contributed by atoms with E-state index in [0.29, 0.717) is 31.7 Å². The van der Waals surface area contributed by atoms with Gasteiger partial charge in [-0.15, -0.1) is 0 Å². The number of carbonyl (C=O) groups is 3. The van der Waals surface area contributed by atoms with E-state index in [1.54, 1.807) is 24.0 Å². The average Bonchev–Trinajstić information content (AvgIpc) is 3.24. The minimum absolute atomic E-state index is 0.122. The molecular formula is C30H31N3O6. The van der Waals surface area contributed by atoms with Gasteiger partial charge >= 0.3 is 6.09 Å². The van der Waals surface area contributed by atoms with Crippen LogP contribution in [0.3, 0.4) is 0 Å². The Morgan fingerprint density at radius 2 is 1.74 bits per heavy atom. The minimum Gasteiger partial charge on any atom is -0.493 e. The van der Waals surface area contributed by atoms with Gasteiger partial charge in [-0.05, 0) is 47.7 Å². The maximum absolute atomic E-state index is 13.3. The molecule has 0 radical (unpaired) electrons. The molecule has 2 aliphatic rings. The molecule has 0 aliphatic carbocycles. The van der Waals surface area contributed by atoms with Gasteiger partial charge in [-0.25, -0.2) is 4.79 Å². The van der Waals surface area contributed by atoms with E-state index in [4.69, 9.17) is 4.74 Å². The standard InChI is InChI=1S/C30H31N3O6/c1-2-39-27-14-23-22(17-32(29(23)36)16-19-8-4-3-5-9-19)12-24(27)28(35)31-15-26(34)25-13-20-10-6-7-11-21(20)18-33(25)30(37)38/h3-12,14,25-26,34H,2,13,15-18H2,1H3,(H,31,35)(H,37,38)/t25?,26-/m1/s1. The molecule has 0 saturated carbocycles. The predicted molar refractivity (Wildman–Crippen MR) is 143 cm³/mol. The third kappa shape index (κ3) is 5.44. The highest BCUT2D eigenvalue weighted by Crippen LogP contribution is 2.32. The first-order chi connectivity index (χ1) is 18.9. The van der Waals surface area contributed by atoms with Crippen LogP contribution in [0.5, 0.6) is 5.75 Å². The summed E-state index contributed by atoms with van der Waals surface area (Å²) in [4.78, 5) is 41.2. The van der Waals surface area contributed by atoms with Crippen LogP contribution in [0.2, 0.25) is 0 Å². The molecule has 0 aromatic heterocycles. The molecule has 202 valence electrons. The molecule has 1 unspecified atom stereocenters. The highest BCUT2D eigenvalue weighted by atomic mass is 16.5. The number of ether oxygens (including phenoxy) is 1. The second-order valence-electron chi connectivity index (χ2n) is 9.81. The van der Waals surface area contributed by atoms with Crippen molar-refractivity contribution < 1.29 is 29.3 Å². The fourth-order valence-electron chi connectivity index (χ4n) is 5.32. The number of hydrogen-bond donors (Lipinski definition) is 3. The largest absolute Gasteiger partial charge is 0.493 e. The quantitative estimate of drug-likeness (QED) is 0.411. The van der Waals surface area contributed by atoms with Crippen LogP contribution in [0.1, 0.15) is 49.9 Å². The van der Waals surface area contributed by atoms with E-state index >= 15 is 0 Å². The van der Waals surface area contributed by atoms with Crippen molar-refractivity contribution in [2.45, 2.75) is 45.1 Å². The zero-order valence-electron chi connectivity index (χ0n) is 21.7. The van der Waals surface area contributed by atoms with Gasteiger partial charge in [0.15, 0.2) is 0 Å². The van der Waals surface area contributed by atoms with E-state index in [1.165, 1.54) is 4.90 Å². The van der Waals surface area contributed by atoms with Gasteiger partial charge in [0.25, 0.3) is 11.8 Å². The maximum atomic E-state index is 13.3. The molecular weight excluding hydrogens is 498 g/mol. The molecule has 2 heterocycles. The Morgan fingerprint density at radius 3 is 2.46 bits per heavy atom. The predicted octanol–water partition coefficient (Wildman–Crippen LogP) is 3.44. The third-order valence-corrected chi connectivity index (χ3v) is 7.30. The number of aliphatic hydroxyl groups excluding tert-OH is 1. The lowest BCUT2D eigenvalue weighted by Gasteiger charge is -2.37. The van der Waals surface area contributed by atoms with E-state index in [9.17, 15) is 24.6 Å². The Kier molecular flexibility index (Phi) is 7.51. The molecule has 0 spiro atoms. The fourth-order valence-corrected chi connectivity index (χ4v) is 5.32. The summed E-state index contributed by atoms with van der Waals surface area (Å²) in [5.41, 5.74) is 4.39. The summed E-state index contributed by atoms with van der Waals surface area (Å²) >= 11 is 0. The molecule has 0 fully saturated rings. The lowest BCUT2D eigenvalue weighted by molar-refractivity contribution is 0.0382. The number of nitrogens with one attached hydrogen (secondary N) is 1. The second kappa shape index (κ2) is 11.2. The van der Waals surface area contributed by atoms with Crippen molar-refractivity contribution in [3.05, 3.63) is 100 Å². The van der Waals surface area contributed by atoms with Crippen LogP contribution in [0.25, 0.3) is 0 Å². The first-order valence-electron chi connectivity index (χ1n) is 13.0. The lowest BCUT2D eigenvalue weighted by atomic mass is 9.91. The summed E-state index contributed by atoms with van der Waals surface area (Å²) in [6, 6.07) is 19.8. The van der Waals surface area contributed by atoms with Crippen LogP contribution < -0.4 is 10.1 Å². The SMILES string of the molecule is CCOc1cc2c(cc1C(=O)NC[C@@H](O)C1Cc3ccccc3CN1C(=O)O)CN(Cc1ccccc1)C2=O. The molecule has 9 heteroatoms. The molecule has 3 aromatic carbocycles. The fraction of sp³-hybridized carbons (Fsp3) is 0.300. The number of hydrogen-bond acceptors (Lipinski definition) is 5. The van der Waals surface area contributed by atoms with Gasteiger partial charge in [0.2, 0.25) is 0 Å². The van der Waals surface area contributed by atoms with Crippen molar-refractivity contribution in [3.8, 4) is 5.75 Å². The van der Waals surface area contributed by atoms with Gasteiger partial charge < -0.3 is 25.2 Å². The molecule has 2 atom stereocenters. The Morgan fingerprint density at radius 1 is 1.03 bits per heavy atom. The molecule has 2 aliphatic heterocycles. The number of carbonyl (C=O) groups excluding carboxylic acids is 2. The second-order valence-corrected chi connectivity index (χ2v) is 9.81. The van der Waals surface area contributed by atoms with Crippen molar-refractivity contribution in [2.24, 2.45) is 0 Å². The van der Waals surface area contributed by atoms with Gasteiger partial charge in [0.05, 0.1) is 24.3 Å². The highest BCUT2D eigenvalue weighted by molar-refractivity contribution is 6.03. The van der Waals surface area contributed by atoms with Gasteiger partial charge in [0, 0.05) is 31.7 Å². The Bertz CT molecular complexity index is 1390. The number of fused-ring (bicyclic) bond motifs is 2. The molecule has 5 rings (SSSR count). The van der Waals surface area contributed by atoms with Gasteiger partial charge in [0.1, 0.15) is 5.75 Å². The molecule has 0 saturated heterocycles. The third-order valence-electron chi connectivity index (χ3n) is 7.30. The number of aliphatic hydroxyl groups is 1. The summed E-state index contributed by atoms with van der Waals surface area (Å²) in [6.45, 7) is 2.96. The normalized spacial score (nSPS) is 16.9. The molecule has 3 aromatic rings. The summed E-state index contributed by atoms with van der Waals surface area (Å²) < 4.78 is 5.72. The number of nitrogens with zero attached hydrogens (tertiary/aromatic N) is 2. The van der Waals surface area contributed by atoms with E-state index in [0.717, 1.165) is 22.3 Å². The monoisotopic (exact) mass is 529 g/mol. The Hall–Kier alpha value is -4.37. The van der Waals surface area contributed by atoms with Gasteiger partial charge in [-0.2, -0.15) is 0 Å². The van der Waals surface area contributed by atoms with Crippen molar-refractivity contribution in [1.82, 2.24) is 15.1 Å². The Balaban J connectivity index is 1.31. The van der Waals surface area contributed by atoms with Crippen LogP contribution in [0.15, 0.2) is 66.7 Å². The smallest absolute Gasteiger partial charge is 0.407 e. The van der Waals surface area contributed by atoms with Crippen molar-refractivity contribution in [2.75, 3.05) is 13.2 Å². The molecule has 0 bridgehead atoms. The molecule has 3 amide bonds. The van der Waals surface area contributed by atoms with E-state index in [-0.39, 0.29) is 30.3 Å². The van der Waals surface area contributed by atoms with Crippen LogP contribution in [0.4, 0.5) is 4.79 Å². The molecule has 9 nitrogen and oxygen atoms in total. The summed E-state index contributed by atoms with van der Waals surface area (Å²) in [7, 11) is 0. The van der Waals surface area contributed by atoms with E-state index < -0.39 is 24.1 Å².